The van der Waals surface area contributed by atoms with Crippen LogP contribution in [0.2, 0.25) is 0 Å². The van der Waals surface area contributed by atoms with E-state index in [-0.39, 0.29) is 6.61 Å². The van der Waals surface area contributed by atoms with Crippen LogP contribution in [0.3, 0.4) is 0 Å². The zero-order chi connectivity index (χ0) is 12.0. The highest BCUT2D eigenvalue weighted by Crippen LogP contribution is 2.14. The van der Waals surface area contributed by atoms with Gasteiger partial charge < -0.3 is 10.4 Å². The first-order chi connectivity index (χ1) is 7.67. The van der Waals surface area contributed by atoms with Gasteiger partial charge in [0.1, 0.15) is 12.6 Å². The zero-order valence-corrected chi connectivity index (χ0v) is 10.6. The molecule has 2 heteroatoms. The van der Waals surface area contributed by atoms with E-state index in [1.807, 2.05) is 0 Å². The number of aliphatic hydroxyl groups is 1. The third-order valence-electron chi connectivity index (χ3n) is 3.09. The Morgan fingerprint density at radius 3 is 2.25 bits per heavy atom. The molecular weight excluding hydrogens is 198 g/mol. The molecule has 0 unspecified atom stereocenters. The maximum absolute atomic E-state index is 9.09. The van der Waals surface area contributed by atoms with Gasteiger partial charge in [-0.05, 0) is 17.9 Å². The van der Waals surface area contributed by atoms with Crippen molar-refractivity contribution in [1.82, 2.24) is 0 Å². The lowest BCUT2D eigenvalue weighted by Crippen LogP contribution is -2.89. The van der Waals surface area contributed by atoms with E-state index < -0.39 is 0 Å². The molecule has 1 atom stereocenters. The van der Waals surface area contributed by atoms with Crippen molar-refractivity contribution >= 4 is 0 Å². The minimum Gasteiger partial charge on any atom is -0.390 e. The van der Waals surface area contributed by atoms with Gasteiger partial charge in [0.15, 0.2) is 0 Å². The van der Waals surface area contributed by atoms with E-state index in [2.05, 4.69) is 50.4 Å². The summed E-state index contributed by atoms with van der Waals surface area (Å²) in [7, 11) is 0. The lowest BCUT2D eigenvalue weighted by Gasteiger charge is -2.11. The highest BCUT2D eigenvalue weighted by atomic mass is 16.3. The number of hydrogen-bond donors (Lipinski definition) is 2. The van der Waals surface area contributed by atoms with E-state index in [1.54, 1.807) is 0 Å². The Labute approximate surface area is 98.7 Å². The lowest BCUT2D eigenvalue weighted by atomic mass is 10.0. The predicted octanol–water partition coefficient (Wildman–Crippen LogP) is 1.64. The van der Waals surface area contributed by atoms with Gasteiger partial charge in [-0.2, -0.15) is 0 Å². The van der Waals surface area contributed by atoms with E-state index in [4.69, 9.17) is 5.11 Å². The van der Waals surface area contributed by atoms with Crippen molar-refractivity contribution in [1.29, 1.82) is 0 Å². The van der Waals surface area contributed by atoms with Crippen LogP contribution in [0.1, 0.15) is 44.2 Å². The molecule has 0 spiro atoms. The summed E-state index contributed by atoms with van der Waals surface area (Å²) in [6.45, 7) is 7.75. The molecule has 1 aromatic rings. The first kappa shape index (κ1) is 13.2. The molecule has 0 saturated heterocycles. The second-order valence-electron chi connectivity index (χ2n) is 4.69. The van der Waals surface area contributed by atoms with Gasteiger partial charge in [0.2, 0.25) is 0 Å². The first-order valence-electron chi connectivity index (χ1n) is 6.20. The minimum atomic E-state index is 0.264. The number of rotatable bonds is 6. The Hall–Kier alpha value is -0.860. The van der Waals surface area contributed by atoms with Crippen molar-refractivity contribution in [3.8, 4) is 0 Å². The van der Waals surface area contributed by atoms with Gasteiger partial charge in [-0.25, -0.2) is 0 Å². The van der Waals surface area contributed by atoms with Crippen LogP contribution in [0.4, 0.5) is 0 Å². The van der Waals surface area contributed by atoms with E-state index in [1.165, 1.54) is 11.1 Å². The molecule has 2 nitrogen and oxygen atoms in total. The van der Waals surface area contributed by atoms with Gasteiger partial charge in [0.05, 0.1) is 6.61 Å². The standard InChI is InChI=1S/C14H23NO/c1-4-14(10-16)15-9-12-5-7-13(8-6-12)11(2)3/h5-8,11,14-16H,4,9-10H2,1-3H3/p+1/t14-/m0/s1. The summed E-state index contributed by atoms with van der Waals surface area (Å²) >= 11 is 0. The Morgan fingerprint density at radius 1 is 1.19 bits per heavy atom. The summed E-state index contributed by atoms with van der Waals surface area (Å²) in [5.74, 6) is 0.596. The summed E-state index contributed by atoms with van der Waals surface area (Å²) in [6.07, 6.45) is 1.01. The van der Waals surface area contributed by atoms with Gasteiger partial charge in [0.25, 0.3) is 0 Å². The normalized spacial score (nSPS) is 13.1. The lowest BCUT2D eigenvalue weighted by molar-refractivity contribution is -0.706. The Morgan fingerprint density at radius 2 is 1.81 bits per heavy atom. The molecule has 0 heterocycles. The van der Waals surface area contributed by atoms with Crippen molar-refractivity contribution in [3.05, 3.63) is 35.4 Å². The number of nitrogens with two attached hydrogens (primary N) is 1. The van der Waals surface area contributed by atoms with E-state index in [0.29, 0.717) is 12.0 Å². The molecule has 1 rings (SSSR count). The third-order valence-corrected chi connectivity index (χ3v) is 3.09. The first-order valence-corrected chi connectivity index (χ1v) is 6.20. The summed E-state index contributed by atoms with van der Waals surface area (Å²) in [6, 6.07) is 9.12. The average molecular weight is 222 g/mol. The minimum absolute atomic E-state index is 0.264. The molecule has 1 aromatic carbocycles. The quantitative estimate of drug-likeness (QED) is 0.754. The van der Waals surface area contributed by atoms with Crippen LogP contribution in [-0.2, 0) is 6.54 Å². The molecule has 0 bridgehead atoms. The van der Waals surface area contributed by atoms with Gasteiger partial charge in [-0.3, -0.25) is 0 Å². The van der Waals surface area contributed by atoms with Gasteiger partial charge in [0, 0.05) is 5.56 Å². The van der Waals surface area contributed by atoms with Crippen LogP contribution in [0.25, 0.3) is 0 Å². The van der Waals surface area contributed by atoms with E-state index >= 15 is 0 Å². The fraction of sp³-hybridized carbons (Fsp3) is 0.571. The molecule has 0 aliphatic heterocycles. The zero-order valence-electron chi connectivity index (χ0n) is 10.6. The molecule has 16 heavy (non-hydrogen) atoms. The average Bonchev–Trinajstić information content (AvgIpc) is 2.31. The summed E-state index contributed by atoms with van der Waals surface area (Å²) < 4.78 is 0. The maximum Gasteiger partial charge on any atom is 0.109 e. The van der Waals surface area contributed by atoms with Crippen LogP contribution in [0.5, 0.6) is 0 Å². The van der Waals surface area contributed by atoms with Gasteiger partial charge in [-0.15, -0.1) is 0 Å². The van der Waals surface area contributed by atoms with Gasteiger partial charge >= 0.3 is 0 Å². The fourth-order valence-electron chi connectivity index (χ4n) is 1.71. The van der Waals surface area contributed by atoms with Crippen molar-refractivity contribution in [3.63, 3.8) is 0 Å². The van der Waals surface area contributed by atoms with Crippen LogP contribution in [-0.4, -0.2) is 17.8 Å². The molecule has 3 N–H and O–H groups in total. The van der Waals surface area contributed by atoms with Gasteiger partial charge in [-0.1, -0.05) is 45.0 Å². The molecular formula is C14H24NO+. The largest absolute Gasteiger partial charge is 0.390 e. The smallest absolute Gasteiger partial charge is 0.109 e. The highest BCUT2D eigenvalue weighted by molar-refractivity contribution is 5.23. The topological polar surface area (TPSA) is 36.8 Å². The Balaban J connectivity index is 2.49. The molecule has 0 fully saturated rings. The second kappa shape index (κ2) is 6.66. The SMILES string of the molecule is CC[C@@H](CO)[NH2+]Cc1ccc(C(C)C)cc1. The number of aliphatic hydroxyl groups excluding tert-OH is 1. The van der Waals surface area contributed by atoms with Crippen LogP contribution >= 0.6 is 0 Å². The van der Waals surface area contributed by atoms with Crippen LogP contribution in [0.15, 0.2) is 24.3 Å². The van der Waals surface area contributed by atoms with E-state index in [9.17, 15) is 0 Å². The second-order valence-corrected chi connectivity index (χ2v) is 4.69. The van der Waals surface area contributed by atoms with Crippen molar-refractivity contribution < 1.29 is 10.4 Å². The monoisotopic (exact) mass is 222 g/mol. The van der Waals surface area contributed by atoms with Crippen molar-refractivity contribution in [2.75, 3.05) is 6.61 Å². The van der Waals surface area contributed by atoms with Crippen LogP contribution < -0.4 is 5.32 Å². The molecule has 0 saturated carbocycles. The molecule has 0 radical (unpaired) electrons. The number of quaternary nitrogens is 1. The Kier molecular flexibility index (Phi) is 5.50. The maximum atomic E-state index is 9.09. The third kappa shape index (κ3) is 3.95. The number of hydrogen-bond acceptors (Lipinski definition) is 1. The molecule has 0 amide bonds. The van der Waals surface area contributed by atoms with Crippen molar-refractivity contribution in [2.45, 2.75) is 45.7 Å². The fourth-order valence-corrected chi connectivity index (χ4v) is 1.71. The molecule has 0 aromatic heterocycles. The summed E-state index contributed by atoms with van der Waals surface area (Å²) in [5, 5.41) is 11.3. The van der Waals surface area contributed by atoms with Crippen molar-refractivity contribution in [2.24, 2.45) is 0 Å². The Bertz CT molecular complexity index is 288. The highest BCUT2D eigenvalue weighted by Gasteiger charge is 2.07. The summed E-state index contributed by atoms with van der Waals surface area (Å²) in [4.78, 5) is 0. The summed E-state index contributed by atoms with van der Waals surface area (Å²) in [5.41, 5.74) is 2.72. The molecule has 90 valence electrons. The number of benzene rings is 1. The molecule has 0 aliphatic carbocycles. The predicted molar refractivity (Wildman–Crippen MR) is 67.3 cm³/mol. The van der Waals surface area contributed by atoms with Crippen LogP contribution in [0, 0.1) is 0 Å². The van der Waals surface area contributed by atoms with E-state index in [0.717, 1.165) is 13.0 Å². The molecule has 0 aliphatic rings.